The number of hydrogen-bond donors (Lipinski definition) is 1. The van der Waals surface area contributed by atoms with Crippen LogP contribution in [0.3, 0.4) is 0 Å². The summed E-state index contributed by atoms with van der Waals surface area (Å²) in [6, 6.07) is 16.1. The maximum atomic E-state index is 12.5. The Bertz CT molecular complexity index is 989. The van der Waals surface area contributed by atoms with Gasteiger partial charge in [-0.2, -0.15) is 5.10 Å². The molecule has 0 aliphatic carbocycles. The lowest BCUT2D eigenvalue weighted by atomic mass is 10.0. The number of likely N-dealkylation sites (tertiary alicyclic amines) is 1. The van der Waals surface area contributed by atoms with Crippen LogP contribution in [0.5, 0.6) is 0 Å². The van der Waals surface area contributed by atoms with E-state index in [2.05, 4.69) is 57.6 Å². The molecular formula is C24H27N5O. The van der Waals surface area contributed by atoms with Crippen molar-refractivity contribution in [2.75, 3.05) is 25.0 Å². The van der Waals surface area contributed by atoms with Crippen LogP contribution < -0.4 is 5.32 Å². The second-order valence-corrected chi connectivity index (χ2v) is 7.77. The van der Waals surface area contributed by atoms with Crippen LogP contribution in [0.15, 0.2) is 72.7 Å². The van der Waals surface area contributed by atoms with E-state index < -0.39 is 0 Å². The minimum absolute atomic E-state index is 0.163. The number of piperidine rings is 1. The smallest absolute Gasteiger partial charge is 0.258 e. The molecule has 0 saturated carbocycles. The molecular weight excluding hydrogens is 374 g/mol. The fourth-order valence-corrected chi connectivity index (χ4v) is 3.94. The van der Waals surface area contributed by atoms with Crippen molar-refractivity contribution in [3.8, 4) is 0 Å². The molecule has 30 heavy (non-hydrogen) atoms. The number of pyridine rings is 1. The highest BCUT2D eigenvalue weighted by atomic mass is 16.1. The van der Waals surface area contributed by atoms with Crippen LogP contribution in [0.25, 0.3) is 6.08 Å². The van der Waals surface area contributed by atoms with Crippen LogP contribution in [0.1, 0.15) is 41.7 Å². The Morgan fingerprint density at radius 2 is 1.90 bits per heavy atom. The maximum absolute atomic E-state index is 12.5. The third-order valence-electron chi connectivity index (χ3n) is 5.42. The predicted molar refractivity (Wildman–Crippen MR) is 119 cm³/mol. The molecule has 0 bridgehead atoms. The first kappa shape index (κ1) is 20.0. The molecule has 0 radical (unpaired) electrons. The van der Waals surface area contributed by atoms with Crippen LogP contribution in [0.4, 0.5) is 5.82 Å². The number of nitrogens with one attached hydrogen (secondary N) is 1. The van der Waals surface area contributed by atoms with Gasteiger partial charge in [-0.25, -0.2) is 4.68 Å². The summed E-state index contributed by atoms with van der Waals surface area (Å²) in [6.45, 7) is 5.20. The summed E-state index contributed by atoms with van der Waals surface area (Å²) in [5, 5.41) is 7.46. The third kappa shape index (κ3) is 5.02. The largest absolute Gasteiger partial charge is 0.307 e. The van der Waals surface area contributed by atoms with Crippen LogP contribution in [-0.4, -0.2) is 45.2 Å². The lowest BCUT2D eigenvalue weighted by molar-refractivity contribution is 0.102. The zero-order chi connectivity index (χ0) is 20.8. The van der Waals surface area contributed by atoms with Crippen molar-refractivity contribution in [1.82, 2.24) is 19.7 Å². The molecule has 1 saturated heterocycles. The van der Waals surface area contributed by atoms with Gasteiger partial charge in [-0.1, -0.05) is 42.0 Å². The summed E-state index contributed by atoms with van der Waals surface area (Å²) in [5.41, 5.74) is 3.15. The number of carbonyl (C=O) groups excluding carboxylic acids is 1. The normalized spacial score (nSPS) is 15.8. The van der Waals surface area contributed by atoms with Gasteiger partial charge in [0.1, 0.15) is 5.82 Å². The molecule has 1 aromatic carbocycles. The van der Waals surface area contributed by atoms with Crippen molar-refractivity contribution < 1.29 is 4.79 Å². The van der Waals surface area contributed by atoms with E-state index in [-0.39, 0.29) is 5.91 Å². The second kappa shape index (κ2) is 9.50. The van der Waals surface area contributed by atoms with Gasteiger partial charge in [0.05, 0.1) is 17.8 Å². The van der Waals surface area contributed by atoms with Crippen molar-refractivity contribution in [2.45, 2.75) is 25.8 Å². The van der Waals surface area contributed by atoms with Crippen molar-refractivity contribution in [3.05, 3.63) is 83.8 Å². The molecule has 3 aromatic rings. The monoisotopic (exact) mass is 401 g/mol. The fourth-order valence-electron chi connectivity index (χ4n) is 3.94. The summed E-state index contributed by atoms with van der Waals surface area (Å²) in [5.74, 6) is 0.575. The number of rotatable bonds is 6. The van der Waals surface area contributed by atoms with E-state index in [1.807, 2.05) is 16.8 Å². The summed E-state index contributed by atoms with van der Waals surface area (Å²) in [6.07, 6.45) is 9.25. The topological polar surface area (TPSA) is 63.1 Å². The van der Waals surface area contributed by atoms with Gasteiger partial charge in [-0.3, -0.25) is 14.7 Å². The Labute approximate surface area is 177 Å². The van der Waals surface area contributed by atoms with E-state index in [0.29, 0.717) is 11.6 Å². The van der Waals surface area contributed by atoms with E-state index >= 15 is 0 Å². The number of benzene rings is 1. The zero-order valence-electron chi connectivity index (χ0n) is 17.2. The minimum Gasteiger partial charge on any atom is -0.307 e. The molecule has 0 spiro atoms. The van der Waals surface area contributed by atoms with Gasteiger partial charge in [-0.15, -0.1) is 0 Å². The van der Waals surface area contributed by atoms with E-state index in [1.54, 1.807) is 30.7 Å². The summed E-state index contributed by atoms with van der Waals surface area (Å²) >= 11 is 0. The Kier molecular flexibility index (Phi) is 6.35. The van der Waals surface area contributed by atoms with E-state index in [0.717, 1.165) is 38.3 Å². The Morgan fingerprint density at radius 1 is 1.10 bits per heavy atom. The zero-order valence-corrected chi connectivity index (χ0v) is 17.2. The van der Waals surface area contributed by atoms with Crippen molar-refractivity contribution in [1.29, 1.82) is 0 Å². The van der Waals surface area contributed by atoms with Crippen molar-refractivity contribution in [3.63, 3.8) is 0 Å². The predicted octanol–water partition coefficient (Wildman–Crippen LogP) is 4.27. The first-order valence-corrected chi connectivity index (χ1v) is 10.4. The van der Waals surface area contributed by atoms with Crippen LogP contribution >= 0.6 is 0 Å². The lowest BCUT2D eigenvalue weighted by Gasteiger charge is -2.32. The summed E-state index contributed by atoms with van der Waals surface area (Å²) in [7, 11) is 0. The number of aromatic nitrogens is 3. The number of nitrogens with zero attached hydrogens (tertiary/aromatic N) is 4. The van der Waals surface area contributed by atoms with Crippen LogP contribution in [0.2, 0.25) is 0 Å². The number of hydrogen-bond acceptors (Lipinski definition) is 4. The van der Waals surface area contributed by atoms with Crippen LogP contribution in [0, 0.1) is 0 Å². The molecule has 2 aromatic heterocycles. The first-order chi connectivity index (χ1) is 14.7. The molecule has 6 nitrogen and oxygen atoms in total. The molecule has 1 aliphatic heterocycles. The molecule has 6 heteroatoms. The molecule has 1 fully saturated rings. The van der Waals surface area contributed by atoms with Gasteiger partial charge in [0.25, 0.3) is 5.91 Å². The highest BCUT2D eigenvalue weighted by Crippen LogP contribution is 2.26. The van der Waals surface area contributed by atoms with E-state index in [4.69, 9.17) is 0 Å². The first-order valence-electron chi connectivity index (χ1n) is 10.4. The van der Waals surface area contributed by atoms with Gasteiger partial charge in [0.15, 0.2) is 0 Å². The SMILES string of the molecule is CC(=Cc1ccccc1)CN1CCC(n2nccc2NC(=O)c2cccnc2)CC1. The van der Waals surface area contributed by atoms with E-state index in [9.17, 15) is 4.79 Å². The number of anilines is 1. The molecule has 1 amide bonds. The minimum atomic E-state index is -0.163. The average molecular weight is 402 g/mol. The molecule has 0 atom stereocenters. The van der Waals surface area contributed by atoms with Gasteiger partial charge in [-0.05, 0) is 37.5 Å². The number of amides is 1. The molecule has 1 aliphatic rings. The highest BCUT2D eigenvalue weighted by molar-refractivity contribution is 6.03. The molecule has 1 N–H and O–H groups in total. The molecule has 154 valence electrons. The lowest BCUT2D eigenvalue weighted by Crippen LogP contribution is -2.36. The summed E-state index contributed by atoms with van der Waals surface area (Å²) in [4.78, 5) is 19.0. The van der Waals surface area contributed by atoms with Crippen molar-refractivity contribution >= 4 is 17.8 Å². The third-order valence-corrected chi connectivity index (χ3v) is 5.42. The number of carbonyl (C=O) groups is 1. The second-order valence-electron chi connectivity index (χ2n) is 7.77. The quantitative estimate of drug-likeness (QED) is 0.670. The maximum Gasteiger partial charge on any atom is 0.258 e. The fraction of sp³-hybridized carbons (Fsp3) is 0.292. The Hall–Kier alpha value is -3.25. The van der Waals surface area contributed by atoms with Gasteiger partial charge in [0, 0.05) is 38.1 Å². The van der Waals surface area contributed by atoms with Gasteiger partial charge in [0.2, 0.25) is 0 Å². The van der Waals surface area contributed by atoms with E-state index in [1.165, 1.54) is 11.1 Å². The van der Waals surface area contributed by atoms with Crippen LogP contribution in [-0.2, 0) is 0 Å². The molecule has 4 rings (SSSR count). The molecule has 3 heterocycles. The molecule has 0 unspecified atom stereocenters. The Morgan fingerprint density at radius 3 is 2.63 bits per heavy atom. The Balaban J connectivity index is 1.33. The standard InChI is InChI=1S/C24H27N5O/c1-19(16-20-6-3-2-4-7-20)18-28-14-10-22(11-15-28)29-23(9-13-26-29)27-24(30)21-8-5-12-25-17-21/h2-9,12-13,16-17,22H,10-11,14-15,18H2,1H3,(H,27,30). The summed E-state index contributed by atoms with van der Waals surface area (Å²) < 4.78 is 1.96. The van der Waals surface area contributed by atoms with Gasteiger partial charge >= 0.3 is 0 Å². The van der Waals surface area contributed by atoms with Gasteiger partial charge < -0.3 is 5.32 Å². The van der Waals surface area contributed by atoms with Crippen molar-refractivity contribution in [2.24, 2.45) is 0 Å². The highest BCUT2D eigenvalue weighted by Gasteiger charge is 2.23. The average Bonchev–Trinajstić information content (AvgIpc) is 3.23.